The maximum Gasteiger partial charge on any atom is 0.232 e. The van der Waals surface area contributed by atoms with Gasteiger partial charge in [0.15, 0.2) is 4.34 Å². The smallest absolute Gasteiger partial charge is 0.232 e. The van der Waals surface area contributed by atoms with Crippen LogP contribution in [0.3, 0.4) is 0 Å². The quantitative estimate of drug-likeness (QED) is 0.327. The zero-order chi connectivity index (χ0) is 20.8. The first kappa shape index (κ1) is 20.1. The summed E-state index contributed by atoms with van der Waals surface area (Å²) in [5.74, 6) is 2.52. The summed E-state index contributed by atoms with van der Waals surface area (Å²) >= 11 is 2.95. The summed E-state index contributed by atoms with van der Waals surface area (Å²) < 4.78 is 6.10. The van der Waals surface area contributed by atoms with Gasteiger partial charge in [0.1, 0.15) is 11.6 Å². The zero-order valence-electron chi connectivity index (χ0n) is 16.2. The predicted octanol–water partition coefficient (Wildman–Crippen LogP) is 4.11. The highest BCUT2D eigenvalue weighted by molar-refractivity contribution is 8.00. The molecule has 0 aliphatic heterocycles. The van der Waals surface area contributed by atoms with E-state index in [4.69, 9.17) is 10.2 Å². The van der Waals surface area contributed by atoms with E-state index in [9.17, 15) is 0 Å². The number of rotatable bonds is 9. The molecular weight excluding hydrogens is 420 g/mol. The molecule has 30 heavy (non-hydrogen) atoms. The van der Waals surface area contributed by atoms with Gasteiger partial charge in [-0.1, -0.05) is 48.2 Å². The van der Waals surface area contributed by atoms with Crippen LogP contribution in [0.25, 0.3) is 0 Å². The molecule has 4 N–H and O–H groups in total. The van der Waals surface area contributed by atoms with Crippen molar-refractivity contribution in [2.24, 2.45) is 0 Å². The number of nitrogens with two attached hydrogens (primary N) is 1. The number of aryl methyl sites for hydroxylation is 1. The van der Waals surface area contributed by atoms with Crippen LogP contribution < -0.4 is 16.4 Å². The second-order valence-corrected chi connectivity index (χ2v) is 8.36. The number of nitrogens with zero attached hydrogens (tertiary/aromatic N) is 5. The minimum atomic E-state index is 0.176. The third kappa shape index (κ3) is 5.24. The van der Waals surface area contributed by atoms with Gasteiger partial charge in [0.2, 0.25) is 17.0 Å². The van der Waals surface area contributed by atoms with Crippen molar-refractivity contribution >= 4 is 45.8 Å². The van der Waals surface area contributed by atoms with E-state index < -0.39 is 0 Å². The van der Waals surface area contributed by atoms with Crippen molar-refractivity contribution in [1.29, 1.82) is 0 Å². The van der Waals surface area contributed by atoms with Crippen LogP contribution in [0.2, 0.25) is 0 Å². The van der Waals surface area contributed by atoms with Crippen LogP contribution in [-0.4, -0.2) is 25.1 Å². The predicted molar refractivity (Wildman–Crippen MR) is 119 cm³/mol. The summed E-state index contributed by atoms with van der Waals surface area (Å²) in [7, 11) is 0. The monoisotopic (exact) mass is 440 g/mol. The number of aromatic nitrogens is 5. The lowest BCUT2D eigenvalue weighted by atomic mass is 10.1. The van der Waals surface area contributed by atoms with E-state index in [1.165, 1.54) is 28.7 Å². The minimum absolute atomic E-state index is 0.176. The number of hydrogen-bond acceptors (Lipinski definition) is 11. The van der Waals surface area contributed by atoms with E-state index in [-0.39, 0.29) is 5.95 Å². The topological polar surface area (TPSA) is 128 Å². The molecule has 0 atom stereocenters. The van der Waals surface area contributed by atoms with Crippen molar-refractivity contribution in [2.75, 3.05) is 16.4 Å². The maximum atomic E-state index is 5.89. The Kier molecular flexibility index (Phi) is 6.40. The second kappa shape index (κ2) is 9.55. The molecule has 0 bridgehead atoms. The lowest BCUT2D eigenvalue weighted by molar-refractivity contribution is 0.518. The number of nitrogens with one attached hydrogen (secondary N) is 2. The van der Waals surface area contributed by atoms with Crippen LogP contribution in [-0.2, 0) is 18.7 Å². The van der Waals surface area contributed by atoms with Gasteiger partial charge in [-0.3, -0.25) is 0 Å². The lowest BCUT2D eigenvalue weighted by Gasteiger charge is -2.10. The van der Waals surface area contributed by atoms with Crippen LogP contribution in [0.4, 0.5) is 22.7 Å². The normalized spacial score (nSPS) is 10.8. The standard InChI is InChI=1S/C19H20N8OS2/c1-2-12-6-3-4-8-14(12)22-17-24-15(23-16(20)25-17)11-29-19-27-26-18(30-19)21-10-13-7-5-9-28-13/h3-9H,2,10-11H2,1H3,(H,21,26)(H3,20,22,23,24,25). The van der Waals surface area contributed by atoms with Gasteiger partial charge in [-0.2, -0.15) is 15.0 Å². The number of nitrogen functional groups attached to an aromatic ring is 1. The van der Waals surface area contributed by atoms with Crippen LogP contribution in [0.1, 0.15) is 24.1 Å². The Morgan fingerprint density at radius 3 is 2.83 bits per heavy atom. The average Bonchev–Trinajstić information content (AvgIpc) is 3.43. The van der Waals surface area contributed by atoms with Gasteiger partial charge in [0, 0.05) is 5.69 Å². The highest BCUT2D eigenvalue weighted by Gasteiger charge is 2.10. The van der Waals surface area contributed by atoms with Crippen molar-refractivity contribution < 1.29 is 4.42 Å². The van der Waals surface area contributed by atoms with Gasteiger partial charge < -0.3 is 20.8 Å². The first-order chi connectivity index (χ1) is 14.7. The fourth-order valence-electron chi connectivity index (χ4n) is 2.67. The molecule has 4 rings (SSSR count). The molecule has 0 spiro atoms. The fraction of sp³-hybridized carbons (Fsp3) is 0.211. The third-order valence-electron chi connectivity index (χ3n) is 4.07. The number of furan rings is 1. The van der Waals surface area contributed by atoms with E-state index in [1.807, 2.05) is 30.3 Å². The Morgan fingerprint density at radius 1 is 1.10 bits per heavy atom. The molecule has 4 aromatic rings. The Morgan fingerprint density at radius 2 is 2.00 bits per heavy atom. The summed E-state index contributed by atoms with van der Waals surface area (Å²) in [6.45, 7) is 2.66. The molecule has 0 amide bonds. The van der Waals surface area contributed by atoms with Crippen molar-refractivity contribution in [1.82, 2.24) is 25.1 Å². The van der Waals surface area contributed by atoms with Crippen LogP contribution in [0.15, 0.2) is 51.4 Å². The highest BCUT2D eigenvalue weighted by atomic mass is 32.2. The molecule has 1 aromatic carbocycles. The SMILES string of the molecule is CCc1ccccc1Nc1nc(N)nc(CSc2nnc(NCc3ccco3)s2)n1. The van der Waals surface area contributed by atoms with E-state index >= 15 is 0 Å². The summed E-state index contributed by atoms with van der Waals surface area (Å²) in [5.41, 5.74) is 8.02. The van der Waals surface area contributed by atoms with Crippen molar-refractivity contribution in [2.45, 2.75) is 30.0 Å². The van der Waals surface area contributed by atoms with Gasteiger partial charge in [-0.25, -0.2) is 0 Å². The number of hydrogen-bond donors (Lipinski definition) is 3. The van der Waals surface area contributed by atoms with Gasteiger partial charge in [-0.15, -0.1) is 10.2 Å². The van der Waals surface area contributed by atoms with Gasteiger partial charge in [0.05, 0.1) is 18.6 Å². The van der Waals surface area contributed by atoms with Crippen LogP contribution in [0, 0.1) is 0 Å². The third-order valence-corrected chi connectivity index (χ3v) is 6.08. The molecule has 154 valence electrons. The average molecular weight is 441 g/mol. The largest absolute Gasteiger partial charge is 0.467 e. The number of benzene rings is 1. The molecule has 3 heterocycles. The molecule has 0 aliphatic carbocycles. The summed E-state index contributed by atoms with van der Waals surface area (Å²) in [6, 6.07) is 11.8. The molecule has 3 aromatic heterocycles. The fourth-order valence-corrected chi connectivity index (χ4v) is 4.27. The highest BCUT2D eigenvalue weighted by Crippen LogP contribution is 2.28. The Balaban J connectivity index is 1.38. The molecule has 0 radical (unpaired) electrons. The second-order valence-electron chi connectivity index (χ2n) is 6.16. The van der Waals surface area contributed by atoms with E-state index in [1.54, 1.807) is 6.26 Å². The Hall–Kier alpha value is -3.18. The minimum Gasteiger partial charge on any atom is -0.467 e. The molecule has 0 aliphatic rings. The Bertz CT molecular complexity index is 1100. The molecule has 0 saturated heterocycles. The molecule has 11 heteroatoms. The van der Waals surface area contributed by atoms with E-state index in [2.05, 4.69) is 48.8 Å². The van der Waals surface area contributed by atoms with Crippen LogP contribution in [0.5, 0.6) is 0 Å². The first-order valence-electron chi connectivity index (χ1n) is 9.27. The zero-order valence-corrected chi connectivity index (χ0v) is 17.8. The lowest BCUT2D eigenvalue weighted by Crippen LogP contribution is -2.07. The molecule has 9 nitrogen and oxygen atoms in total. The summed E-state index contributed by atoms with van der Waals surface area (Å²) in [6.07, 6.45) is 2.54. The van der Waals surface area contributed by atoms with Gasteiger partial charge in [-0.05, 0) is 30.2 Å². The van der Waals surface area contributed by atoms with Crippen LogP contribution >= 0.6 is 23.1 Å². The summed E-state index contributed by atoms with van der Waals surface area (Å²) in [5, 5.41) is 15.5. The Labute approximate surface area is 181 Å². The van der Waals surface area contributed by atoms with E-state index in [0.29, 0.717) is 24.1 Å². The number of para-hydroxylation sites is 1. The van der Waals surface area contributed by atoms with Crippen molar-refractivity contribution in [3.63, 3.8) is 0 Å². The first-order valence-corrected chi connectivity index (χ1v) is 11.1. The van der Waals surface area contributed by atoms with E-state index in [0.717, 1.165) is 27.3 Å². The molecule has 0 saturated carbocycles. The van der Waals surface area contributed by atoms with Crippen molar-refractivity contribution in [3.8, 4) is 0 Å². The van der Waals surface area contributed by atoms with Gasteiger partial charge in [0.25, 0.3) is 0 Å². The maximum absolute atomic E-state index is 5.89. The molecule has 0 fully saturated rings. The summed E-state index contributed by atoms with van der Waals surface area (Å²) in [4.78, 5) is 12.9. The molecule has 0 unspecified atom stereocenters. The number of thioether (sulfide) groups is 1. The van der Waals surface area contributed by atoms with Gasteiger partial charge >= 0.3 is 0 Å². The van der Waals surface area contributed by atoms with Crippen molar-refractivity contribution in [3.05, 3.63) is 59.8 Å². The number of anilines is 4. The molecular formula is C19H20N8OS2.